The maximum Gasteiger partial charge on any atom is 0.435 e. The molecule has 13 heavy (non-hydrogen) atoms. The van der Waals surface area contributed by atoms with Crippen LogP contribution in [-0.2, 0) is 13.2 Å². The summed E-state index contributed by atoms with van der Waals surface area (Å²) in [5.74, 6) is 0. The number of aromatic nitrogens is 2. The third-order valence-electron chi connectivity index (χ3n) is 1.11. The summed E-state index contributed by atoms with van der Waals surface area (Å²) in [6.45, 7) is 4.00. The summed E-state index contributed by atoms with van der Waals surface area (Å²) in [6.07, 6.45) is -4.41. The van der Waals surface area contributed by atoms with E-state index in [9.17, 15) is 13.2 Å². The second-order valence-corrected chi connectivity index (χ2v) is 2.36. The average molecular weight is 215 g/mol. The first-order valence-electron chi connectivity index (χ1n) is 3.68. The van der Waals surface area contributed by atoms with Crippen LogP contribution in [0.2, 0.25) is 5.15 Å². The molecule has 0 N–H and O–H groups in total. The lowest BCUT2D eigenvalue weighted by Crippen LogP contribution is -2.06. The Labute approximate surface area is 79.3 Å². The van der Waals surface area contributed by atoms with Gasteiger partial charge in [-0.15, -0.1) is 0 Å². The maximum absolute atomic E-state index is 11.8. The van der Waals surface area contributed by atoms with E-state index >= 15 is 0 Å². The second kappa shape index (κ2) is 4.50. The lowest BCUT2D eigenvalue weighted by atomic mass is 10.4. The quantitative estimate of drug-likeness (QED) is 0.649. The number of rotatable bonds is 0. The van der Waals surface area contributed by atoms with Crippen molar-refractivity contribution in [2.75, 3.05) is 0 Å². The summed E-state index contributed by atoms with van der Waals surface area (Å²) < 4.78 is 36.5. The van der Waals surface area contributed by atoms with E-state index in [1.807, 2.05) is 13.8 Å². The van der Waals surface area contributed by atoms with Gasteiger partial charge in [-0.3, -0.25) is 4.68 Å². The topological polar surface area (TPSA) is 17.8 Å². The van der Waals surface area contributed by atoms with Crippen LogP contribution in [0.15, 0.2) is 6.07 Å². The molecule has 76 valence electrons. The molecule has 2 nitrogen and oxygen atoms in total. The third-order valence-corrected chi connectivity index (χ3v) is 1.47. The van der Waals surface area contributed by atoms with Crippen molar-refractivity contribution in [3.8, 4) is 0 Å². The largest absolute Gasteiger partial charge is 0.435 e. The molecule has 0 aliphatic rings. The average Bonchev–Trinajstić information content (AvgIpc) is 2.35. The number of halogens is 4. The molecule has 0 unspecified atom stereocenters. The third kappa shape index (κ3) is 3.26. The molecule has 1 aromatic heterocycles. The summed E-state index contributed by atoms with van der Waals surface area (Å²) >= 11 is 5.34. The molecule has 1 aromatic rings. The van der Waals surface area contributed by atoms with E-state index in [1.54, 1.807) is 0 Å². The molecule has 0 spiro atoms. The lowest BCUT2D eigenvalue weighted by Gasteiger charge is -1.98. The fourth-order valence-electron chi connectivity index (χ4n) is 0.583. The summed E-state index contributed by atoms with van der Waals surface area (Å²) in [6, 6.07) is 0.779. The summed E-state index contributed by atoms with van der Waals surface area (Å²) in [5.41, 5.74) is -0.968. The van der Waals surface area contributed by atoms with E-state index in [0.29, 0.717) is 0 Å². The van der Waals surface area contributed by atoms with Gasteiger partial charge in [0.25, 0.3) is 0 Å². The van der Waals surface area contributed by atoms with Crippen molar-refractivity contribution < 1.29 is 13.2 Å². The minimum atomic E-state index is -4.41. The van der Waals surface area contributed by atoms with Gasteiger partial charge in [0.05, 0.1) is 0 Å². The van der Waals surface area contributed by atoms with Gasteiger partial charge in [-0.1, -0.05) is 25.4 Å². The molecule has 6 heteroatoms. The van der Waals surface area contributed by atoms with Gasteiger partial charge in [-0.05, 0) is 0 Å². The highest BCUT2D eigenvalue weighted by Gasteiger charge is 2.34. The van der Waals surface area contributed by atoms with Crippen LogP contribution in [0, 0.1) is 0 Å². The van der Waals surface area contributed by atoms with Gasteiger partial charge in [0.2, 0.25) is 0 Å². The molecular weight excluding hydrogens is 205 g/mol. The van der Waals surface area contributed by atoms with Crippen molar-refractivity contribution in [3.63, 3.8) is 0 Å². The van der Waals surface area contributed by atoms with Crippen molar-refractivity contribution >= 4 is 11.6 Å². The fourth-order valence-corrected chi connectivity index (χ4v) is 0.724. The first-order chi connectivity index (χ1) is 5.91. The molecule has 0 saturated heterocycles. The Morgan fingerprint density at radius 3 is 2.00 bits per heavy atom. The predicted octanol–water partition coefficient (Wildman–Crippen LogP) is 3.12. The highest BCUT2D eigenvalue weighted by molar-refractivity contribution is 6.29. The molecule has 0 aliphatic heterocycles. The van der Waals surface area contributed by atoms with Crippen LogP contribution in [0.3, 0.4) is 0 Å². The van der Waals surface area contributed by atoms with Crippen LogP contribution in [0.25, 0.3) is 0 Å². The molecule has 0 aliphatic carbocycles. The first kappa shape index (κ1) is 12.3. The van der Waals surface area contributed by atoms with Gasteiger partial charge >= 0.3 is 6.18 Å². The second-order valence-electron chi connectivity index (χ2n) is 1.97. The standard InChI is InChI=1S/C5H4ClF3N2.C2H6/c1-11-4(6)2-3(10-11)5(7,8)9;1-2/h2H,1H3;1-2H3. The van der Waals surface area contributed by atoms with Gasteiger partial charge in [-0.2, -0.15) is 18.3 Å². The van der Waals surface area contributed by atoms with E-state index in [4.69, 9.17) is 11.6 Å². The van der Waals surface area contributed by atoms with Crippen molar-refractivity contribution in [1.29, 1.82) is 0 Å². The van der Waals surface area contributed by atoms with Gasteiger partial charge in [0.15, 0.2) is 5.69 Å². The SMILES string of the molecule is CC.Cn1nc(C(F)(F)F)cc1Cl. The van der Waals surface area contributed by atoms with E-state index in [1.165, 1.54) is 7.05 Å². The van der Waals surface area contributed by atoms with Crippen LogP contribution < -0.4 is 0 Å². The van der Waals surface area contributed by atoms with Crippen molar-refractivity contribution in [1.82, 2.24) is 9.78 Å². The van der Waals surface area contributed by atoms with E-state index in [-0.39, 0.29) is 5.15 Å². The number of hydrogen-bond acceptors (Lipinski definition) is 1. The van der Waals surface area contributed by atoms with Gasteiger partial charge in [0, 0.05) is 13.1 Å². The molecule has 0 aromatic carbocycles. The van der Waals surface area contributed by atoms with Gasteiger partial charge in [-0.25, -0.2) is 0 Å². The molecule has 1 rings (SSSR count). The number of alkyl halides is 3. The first-order valence-corrected chi connectivity index (χ1v) is 4.06. The Hall–Kier alpha value is -0.710. The fraction of sp³-hybridized carbons (Fsp3) is 0.571. The number of aryl methyl sites for hydroxylation is 1. The van der Waals surface area contributed by atoms with Gasteiger partial charge < -0.3 is 0 Å². The molecule has 0 atom stereocenters. The van der Waals surface area contributed by atoms with Crippen molar-refractivity contribution in [2.24, 2.45) is 7.05 Å². The zero-order valence-corrected chi connectivity index (χ0v) is 8.24. The molecule has 0 amide bonds. The molecule has 0 bridgehead atoms. The van der Waals surface area contributed by atoms with Crippen LogP contribution >= 0.6 is 11.6 Å². The number of nitrogens with zero attached hydrogens (tertiary/aromatic N) is 2. The highest BCUT2D eigenvalue weighted by atomic mass is 35.5. The Morgan fingerprint density at radius 1 is 1.38 bits per heavy atom. The summed E-state index contributed by atoms with van der Waals surface area (Å²) in [5, 5.41) is 3.11. The minimum Gasteiger partial charge on any atom is -0.256 e. The Kier molecular flexibility index (Phi) is 4.26. The Bertz CT molecular complexity index is 248. The smallest absolute Gasteiger partial charge is 0.256 e. The van der Waals surface area contributed by atoms with Crippen molar-refractivity contribution in [3.05, 3.63) is 16.9 Å². The van der Waals surface area contributed by atoms with Crippen LogP contribution in [0.1, 0.15) is 19.5 Å². The minimum absolute atomic E-state index is 0.0303. The zero-order valence-electron chi connectivity index (χ0n) is 7.48. The normalized spacial score (nSPS) is 10.7. The van der Waals surface area contributed by atoms with Gasteiger partial charge in [0.1, 0.15) is 5.15 Å². The van der Waals surface area contributed by atoms with Crippen LogP contribution in [0.5, 0.6) is 0 Å². The Morgan fingerprint density at radius 2 is 1.85 bits per heavy atom. The molecule has 0 radical (unpaired) electrons. The molecule has 1 heterocycles. The summed E-state index contributed by atoms with van der Waals surface area (Å²) in [4.78, 5) is 0. The van der Waals surface area contributed by atoms with Crippen molar-refractivity contribution in [2.45, 2.75) is 20.0 Å². The summed E-state index contributed by atoms with van der Waals surface area (Å²) in [7, 11) is 1.34. The van der Waals surface area contributed by atoms with E-state index in [0.717, 1.165) is 10.7 Å². The molecule has 0 saturated carbocycles. The number of hydrogen-bond donors (Lipinski definition) is 0. The van der Waals surface area contributed by atoms with Crippen LogP contribution in [-0.4, -0.2) is 9.78 Å². The highest BCUT2D eigenvalue weighted by Crippen LogP contribution is 2.29. The molecule has 0 fully saturated rings. The Balaban J connectivity index is 0.000000671. The van der Waals surface area contributed by atoms with E-state index < -0.39 is 11.9 Å². The van der Waals surface area contributed by atoms with E-state index in [2.05, 4.69) is 5.10 Å². The molecular formula is C7H10ClF3N2. The lowest BCUT2D eigenvalue weighted by molar-refractivity contribution is -0.141. The maximum atomic E-state index is 11.8. The van der Waals surface area contributed by atoms with Crippen LogP contribution in [0.4, 0.5) is 13.2 Å². The zero-order chi connectivity index (χ0) is 10.6. The predicted molar refractivity (Wildman–Crippen MR) is 44.6 cm³/mol. The monoisotopic (exact) mass is 214 g/mol.